The number of carbonyl (C=O) groups excluding carboxylic acids is 2. The van der Waals surface area contributed by atoms with Crippen LogP contribution < -0.4 is 10.6 Å². The molecule has 1 spiro atoms. The summed E-state index contributed by atoms with van der Waals surface area (Å²) < 4.78 is 18.1. The van der Waals surface area contributed by atoms with Crippen LogP contribution >= 0.6 is 0 Å². The van der Waals surface area contributed by atoms with Crippen LogP contribution in [0.2, 0.25) is 0 Å². The zero-order valence-electron chi connectivity index (χ0n) is 6.05. The van der Waals surface area contributed by atoms with Gasteiger partial charge in [-0.25, -0.2) is 9.00 Å². The van der Waals surface area contributed by atoms with Gasteiger partial charge in [0.25, 0.3) is 5.91 Å². The Morgan fingerprint density at radius 3 is 2.33 bits per heavy atom. The van der Waals surface area contributed by atoms with Crippen molar-refractivity contribution in [2.75, 3.05) is 11.5 Å². The second kappa shape index (κ2) is 1.79. The van der Waals surface area contributed by atoms with Crippen molar-refractivity contribution in [3.8, 4) is 0 Å². The lowest BCUT2D eigenvalue weighted by Crippen LogP contribution is -2.65. The smallest absolute Gasteiger partial charge is 0.321 e. The van der Waals surface area contributed by atoms with E-state index in [1.165, 1.54) is 0 Å². The zero-order valence-corrected chi connectivity index (χ0v) is 6.86. The molecule has 12 heavy (non-hydrogen) atoms. The molecule has 6 nitrogen and oxygen atoms in total. The fourth-order valence-corrected chi connectivity index (χ4v) is 3.40. The molecule has 7 heteroatoms. The normalized spacial score (nSPS) is 45.3. The second-order valence-electron chi connectivity index (χ2n) is 3.09. The van der Waals surface area contributed by atoms with E-state index in [0.717, 1.165) is 0 Å². The van der Waals surface area contributed by atoms with Crippen molar-refractivity contribution in [2.45, 2.75) is 5.54 Å². The molecule has 3 N–H and O–H groups in total. The number of hydrogen-bond donors (Lipinski definition) is 3. The highest BCUT2D eigenvalue weighted by atomic mass is 32.2. The summed E-state index contributed by atoms with van der Waals surface area (Å²) in [4.78, 5) is 21.7. The number of nitrogens with one attached hydrogen (secondary N) is 3. The number of amides is 3. The predicted molar refractivity (Wildman–Crippen MR) is 40.0 cm³/mol. The van der Waals surface area contributed by atoms with Crippen LogP contribution in [-0.4, -0.2) is 33.2 Å². The summed E-state index contributed by atoms with van der Waals surface area (Å²) in [5.41, 5.74) is -1.03. The summed E-state index contributed by atoms with van der Waals surface area (Å²) in [6.07, 6.45) is 0. The zero-order chi connectivity index (χ0) is 8.98. The van der Waals surface area contributed by atoms with E-state index in [1.54, 1.807) is 0 Å². The topological polar surface area (TPSA) is 99.1 Å². The van der Waals surface area contributed by atoms with Gasteiger partial charge in [-0.3, -0.25) is 14.9 Å². The fraction of sp³-hybridized carbons (Fsp3) is 0.600. The molecule has 0 radical (unpaired) electrons. The van der Waals surface area contributed by atoms with Crippen LogP contribution in [0.15, 0.2) is 0 Å². The first-order chi connectivity index (χ1) is 5.44. The third-order valence-corrected chi connectivity index (χ3v) is 3.89. The summed E-state index contributed by atoms with van der Waals surface area (Å²) >= 11 is 0. The Balaban J connectivity index is 2.27. The van der Waals surface area contributed by atoms with Gasteiger partial charge in [0.1, 0.15) is 5.54 Å². The van der Waals surface area contributed by atoms with Gasteiger partial charge in [-0.2, -0.15) is 0 Å². The molecule has 2 fully saturated rings. The van der Waals surface area contributed by atoms with Crippen molar-refractivity contribution in [2.24, 2.45) is 0 Å². The number of urea groups is 1. The predicted octanol–water partition coefficient (Wildman–Crippen LogP) is -1.38. The summed E-state index contributed by atoms with van der Waals surface area (Å²) in [5, 5.41) is 4.42. The molecule has 3 amide bonds. The summed E-state index contributed by atoms with van der Waals surface area (Å²) in [6, 6.07) is -0.560. The summed E-state index contributed by atoms with van der Waals surface area (Å²) in [5.74, 6) is -0.575. The van der Waals surface area contributed by atoms with Crippen molar-refractivity contribution in [1.29, 1.82) is 4.78 Å². The third-order valence-electron chi connectivity index (χ3n) is 1.97. The Kier molecular flexibility index (Phi) is 1.12. The van der Waals surface area contributed by atoms with E-state index in [1.807, 2.05) is 5.32 Å². The molecule has 2 rings (SSSR count). The SMILES string of the molecule is N=S1(=O)CC2(C1)NC(=O)NC2=O. The molecule has 0 atom stereocenters. The van der Waals surface area contributed by atoms with E-state index in [2.05, 4.69) is 5.32 Å². The van der Waals surface area contributed by atoms with Crippen LogP contribution in [0.5, 0.6) is 0 Å². The molecule has 0 saturated carbocycles. The quantitative estimate of drug-likeness (QED) is 0.410. The van der Waals surface area contributed by atoms with Gasteiger partial charge in [0, 0.05) is 9.73 Å². The second-order valence-corrected chi connectivity index (χ2v) is 5.29. The van der Waals surface area contributed by atoms with Crippen molar-refractivity contribution >= 4 is 21.7 Å². The summed E-state index contributed by atoms with van der Waals surface area (Å²) in [7, 11) is -2.61. The minimum atomic E-state index is -2.61. The van der Waals surface area contributed by atoms with Gasteiger partial charge in [0.15, 0.2) is 0 Å². The van der Waals surface area contributed by atoms with Crippen molar-refractivity contribution < 1.29 is 13.8 Å². The van der Waals surface area contributed by atoms with Crippen LogP contribution in [0.1, 0.15) is 0 Å². The van der Waals surface area contributed by atoms with Gasteiger partial charge in [-0.1, -0.05) is 0 Å². The Labute approximate surface area is 68.7 Å². The minimum absolute atomic E-state index is 0.0580. The molecular weight excluding hydrogens is 182 g/mol. The number of rotatable bonds is 0. The maximum Gasteiger partial charge on any atom is 0.322 e. The Bertz CT molecular complexity index is 359. The lowest BCUT2D eigenvalue weighted by Gasteiger charge is -2.36. The van der Waals surface area contributed by atoms with Crippen molar-refractivity contribution in [1.82, 2.24) is 10.6 Å². The average Bonchev–Trinajstić information content (AvgIpc) is 2.04. The molecule has 66 valence electrons. The molecule has 0 aromatic rings. The number of carbonyl (C=O) groups is 2. The van der Waals surface area contributed by atoms with Crippen molar-refractivity contribution in [3.05, 3.63) is 0 Å². The Morgan fingerprint density at radius 2 is 2.00 bits per heavy atom. The highest BCUT2D eigenvalue weighted by molar-refractivity contribution is 7.94. The molecule has 0 unspecified atom stereocenters. The maximum absolute atomic E-state index is 11.1. The van der Waals surface area contributed by atoms with E-state index in [9.17, 15) is 13.8 Å². The Morgan fingerprint density at radius 1 is 1.42 bits per heavy atom. The first-order valence-corrected chi connectivity index (χ1v) is 5.21. The van der Waals surface area contributed by atoms with E-state index >= 15 is 0 Å². The minimum Gasteiger partial charge on any atom is -0.321 e. The van der Waals surface area contributed by atoms with E-state index in [0.29, 0.717) is 0 Å². The number of hydrogen-bond acceptors (Lipinski definition) is 4. The van der Waals surface area contributed by atoms with Gasteiger partial charge in [0.2, 0.25) is 0 Å². The third kappa shape index (κ3) is 0.826. The number of imide groups is 1. The van der Waals surface area contributed by atoms with Gasteiger partial charge >= 0.3 is 6.03 Å². The first kappa shape index (κ1) is 7.53. The van der Waals surface area contributed by atoms with E-state index in [4.69, 9.17) is 4.78 Å². The van der Waals surface area contributed by atoms with Gasteiger partial charge < -0.3 is 5.32 Å². The molecule has 2 aliphatic heterocycles. The molecule has 2 saturated heterocycles. The van der Waals surface area contributed by atoms with Crippen LogP contribution in [0.25, 0.3) is 0 Å². The largest absolute Gasteiger partial charge is 0.322 e. The highest BCUT2D eigenvalue weighted by Crippen LogP contribution is 2.26. The van der Waals surface area contributed by atoms with Gasteiger partial charge in [-0.15, -0.1) is 0 Å². The van der Waals surface area contributed by atoms with E-state index < -0.39 is 27.2 Å². The molecule has 2 aliphatic rings. The van der Waals surface area contributed by atoms with Gasteiger partial charge in [0.05, 0.1) is 11.5 Å². The van der Waals surface area contributed by atoms with Gasteiger partial charge in [-0.05, 0) is 0 Å². The van der Waals surface area contributed by atoms with Crippen molar-refractivity contribution in [3.63, 3.8) is 0 Å². The standard InChI is InChI=1S/C5H7N3O3S/c6-12(11)1-5(2-12)3(9)7-4(10)8-5/h6H,1-2H2,(H2,7,8,9,10). The fourth-order valence-electron chi connectivity index (χ4n) is 1.49. The molecule has 0 aliphatic carbocycles. The van der Waals surface area contributed by atoms with Crippen LogP contribution in [0, 0.1) is 4.78 Å². The summed E-state index contributed by atoms with van der Waals surface area (Å²) in [6.45, 7) is 0. The van der Waals surface area contributed by atoms with Crippen LogP contribution in [0.3, 0.4) is 0 Å². The van der Waals surface area contributed by atoms with Crippen LogP contribution in [0.4, 0.5) is 4.79 Å². The Hall–Kier alpha value is -1.11. The molecule has 0 aromatic carbocycles. The first-order valence-electron chi connectivity index (χ1n) is 3.31. The molecule has 0 aromatic heterocycles. The average molecular weight is 189 g/mol. The molecule has 0 bridgehead atoms. The van der Waals surface area contributed by atoms with E-state index in [-0.39, 0.29) is 11.5 Å². The molecular formula is C5H7N3O3S. The molecule has 2 heterocycles. The lowest BCUT2D eigenvalue weighted by atomic mass is 10.1. The maximum atomic E-state index is 11.1. The highest BCUT2D eigenvalue weighted by Gasteiger charge is 2.57. The van der Waals surface area contributed by atoms with Crippen LogP contribution in [-0.2, 0) is 14.5 Å². The monoisotopic (exact) mass is 189 g/mol. The lowest BCUT2D eigenvalue weighted by molar-refractivity contribution is -0.123.